The first-order valence-electron chi connectivity index (χ1n) is 4.87. The van der Waals surface area contributed by atoms with E-state index in [1.807, 2.05) is 0 Å². The lowest BCUT2D eigenvalue weighted by atomic mass is 10.1. The molecule has 1 aliphatic heterocycles. The van der Waals surface area contributed by atoms with Crippen LogP contribution in [0.2, 0.25) is 0 Å². The third-order valence-corrected chi connectivity index (χ3v) is 3.10. The van der Waals surface area contributed by atoms with Gasteiger partial charge in [-0.15, -0.1) is 0 Å². The summed E-state index contributed by atoms with van der Waals surface area (Å²) in [7, 11) is -5.40. The Morgan fingerprint density at radius 3 is 2.62 bits per heavy atom. The highest BCUT2D eigenvalue weighted by Gasteiger charge is 2.44. The minimum absolute atomic E-state index is 0.0922. The van der Waals surface area contributed by atoms with E-state index < -0.39 is 22.0 Å². The summed E-state index contributed by atoms with van der Waals surface area (Å²) in [5.74, 6) is 0. The number of rotatable bonds is 5. The van der Waals surface area contributed by atoms with E-state index in [2.05, 4.69) is 4.74 Å². The molecule has 0 saturated carbocycles. The Bertz CT molecular complexity index is 310. The van der Waals surface area contributed by atoms with E-state index in [0.717, 1.165) is 12.8 Å². The molecule has 1 N–H and O–H groups in total. The van der Waals surface area contributed by atoms with Crippen molar-refractivity contribution in [3.8, 4) is 0 Å². The van der Waals surface area contributed by atoms with Crippen molar-refractivity contribution in [3.63, 3.8) is 0 Å². The third kappa shape index (κ3) is 3.93. The maximum Gasteiger partial charge on any atom is 0.392 e. The van der Waals surface area contributed by atoms with Gasteiger partial charge in [-0.3, -0.25) is 4.55 Å². The van der Waals surface area contributed by atoms with Gasteiger partial charge in [-0.25, -0.2) is 0 Å². The van der Waals surface area contributed by atoms with E-state index in [9.17, 15) is 17.2 Å². The fourth-order valence-electron chi connectivity index (χ4n) is 1.32. The fourth-order valence-corrected chi connectivity index (χ4v) is 1.55. The zero-order valence-corrected chi connectivity index (χ0v) is 9.38. The average Bonchev–Trinajstić information content (AvgIpc) is 2.17. The molecule has 96 valence electrons. The molecule has 1 heterocycles. The molecule has 1 unspecified atom stereocenters. The molecule has 1 atom stereocenters. The van der Waals surface area contributed by atoms with Crippen LogP contribution in [0, 0.1) is 0 Å². The Morgan fingerprint density at radius 1 is 1.44 bits per heavy atom. The zero-order valence-electron chi connectivity index (χ0n) is 8.56. The summed E-state index contributed by atoms with van der Waals surface area (Å²) < 4.78 is 63.8. The van der Waals surface area contributed by atoms with Crippen molar-refractivity contribution in [2.24, 2.45) is 0 Å². The largest absolute Gasteiger partial charge is 0.392 e. The number of hydrogen-bond acceptors (Lipinski definition) is 4. The van der Waals surface area contributed by atoms with Crippen molar-refractivity contribution in [3.05, 3.63) is 0 Å². The molecule has 1 saturated heterocycles. The predicted molar refractivity (Wildman–Crippen MR) is 50.9 cm³/mol. The summed E-state index contributed by atoms with van der Waals surface area (Å²) in [4.78, 5) is 0. The Balaban J connectivity index is 2.29. The lowest BCUT2D eigenvalue weighted by molar-refractivity contribution is -0.0757. The van der Waals surface area contributed by atoms with Gasteiger partial charge in [0.15, 0.2) is 0 Å². The molecule has 0 aromatic carbocycles. The van der Waals surface area contributed by atoms with Crippen LogP contribution in [0.1, 0.15) is 19.3 Å². The first-order valence-corrected chi connectivity index (χ1v) is 6.31. The van der Waals surface area contributed by atoms with E-state index >= 15 is 0 Å². The van der Waals surface area contributed by atoms with Gasteiger partial charge in [0.25, 0.3) is 0 Å². The Hall–Kier alpha value is -0.310. The standard InChI is InChI=1S/C8H14F2O5S/c9-8(10,16(11,12)13)6-14-5-7-3-1-2-4-15-7/h7H,1-6H2,(H,11,12,13). The molecular weight excluding hydrogens is 246 g/mol. The number of halogens is 2. The van der Waals surface area contributed by atoms with E-state index in [1.54, 1.807) is 0 Å². The molecule has 1 rings (SSSR count). The smallest absolute Gasteiger partial charge is 0.376 e. The molecule has 8 heteroatoms. The maximum absolute atomic E-state index is 12.7. The van der Waals surface area contributed by atoms with Crippen molar-refractivity contribution in [1.82, 2.24) is 0 Å². The number of hydrogen-bond donors (Lipinski definition) is 1. The van der Waals surface area contributed by atoms with Gasteiger partial charge in [-0.05, 0) is 19.3 Å². The lowest BCUT2D eigenvalue weighted by Gasteiger charge is -2.23. The molecule has 0 aliphatic carbocycles. The van der Waals surface area contributed by atoms with Crippen LogP contribution in [0.3, 0.4) is 0 Å². The van der Waals surface area contributed by atoms with Gasteiger partial charge in [0.2, 0.25) is 0 Å². The van der Waals surface area contributed by atoms with E-state index in [4.69, 9.17) is 9.29 Å². The molecule has 16 heavy (non-hydrogen) atoms. The van der Waals surface area contributed by atoms with Crippen LogP contribution in [0.4, 0.5) is 8.78 Å². The van der Waals surface area contributed by atoms with Gasteiger partial charge in [-0.2, -0.15) is 17.2 Å². The molecule has 0 amide bonds. The normalized spacial score (nSPS) is 23.3. The van der Waals surface area contributed by atoms with Gasteiger partial charge in [0.1, 0.15) is 6.61 Å². The molecule has 1 aliphatic rings. The fraction of sp³-hybridized carbons (Fsp3) is 1.00. The minimum atomic E-state index is -5.40. The summed E-state index contributed by atoms with van der Waals surface area (Å²) in [6, 6.07) is 0. The van der Waals surface area contributed by atoms with Crippen LogP contribution in [-0.4, -0.2) is 44.1 Å². The predicted octanol–water partition coefficient (Wildman–Crippen LogP) is 1.05. The Morgan fingerprint density at radius 2 is 2.12 bits per heavy atom. The van der Waals surface area contributed by atoms with Crippen LogP contribution in [0.5, 0.6) is 0 Å². The van der Waals surface area contributed by atoms with Gasteiger partial charge in [0.05, 0.1) is 12.7 Å². The van der Waals surface area contributed by atoms with Crippen molar-refractivity contribution < 1.29 is 31.2 Å². The maximum atomic E-state index is 12.7. The minimum Gasteiger partial charge on any atom is -0.376 e. The van der Waals surface area contributed by atoms with Crippen LogP contribution < -0.4 is 0 Å². The highest BCUT2D eigenvalue weighted by Crippen LogP contribution is 2.21. The SMILES string of the molecule is O=S(=O)(O)C(F)(F)COCC1CCCCO1. The van der Waals surface area contributed by atoms with Crippen molar-refractivity contribution >= 4 is 10.1 Å². The molecule has 5 nitrogen and oxygen atoms in total. The molecular formula is C8H14F2O5S. The lowest BCUT2D eigenvalue weighted by Crippen LogP contribution is -2.35. The average molecular weight is 260 g/mol. The van der Waals surface area contributed by atoms with Gasteiger partial charge < -0.3 is 9.47 Å². The van der Waals surface area contributed by atoms with Gasteiger partial charge in [-0.1, -0.05) is 0 Å². The molecule has 1 fully saturated rings. The second kappa shape index (κ2) is 5.35. The summed E-state index contributed by atoms with van der Waals surface area (Å²) >= 11 is 0. The first kappa shape index (κ1) is 13.8. The third-order valence-electron chi connectivity index (χ3n) is 2.23. The summed E-state index contributed by atoms with van der Waals surface area (Å²) in [6.07, 6.45) is 2.30. The molecule has 0 radical (unpaired) electrons. The van der Waals surface area contributed by atoms with E-state index in [0.29, 0.717) is 13.0 Å². The molecule has 0 aromatic heterocycles. The van der Waals surface area contributed by atoms with Crippen LogP contribution in [0.25, 0.3) is 0 Å². The van der Waals surface area contributed by atoms with Crippen LogP contribution in [0.15, 0.2) is 0 Å². The highest BCUT2D eigenvalue weighted by atomic mass is 32.2. The summed E-state index contributed by atoms with van der Waals surface area (Å²) in [5.41, 5.74) is 0. The van der Waals surface area contributed by atoms with Gasteiger partial charge in [0, 0.05) is 6.61 Å². The number of ether oxygens (including phenoxy) is 2. The topological polar surface area (TPSA) is 72.8 Å². The van der Waals surface area contributed by atoms with Crippen molar-refractivity contribution in [2.45, 2.75) is 30.6 Å². The van der Waals surface area contributed by atoms with Crippen LogP contribution in [-0.2, 0) is 19.6 Å². The van der Waals surface area contributed by atoms with Gasteiger partial charge >= 0.3 is 15.4 Å². The zero-order chi connectivity index (χ0) is 12.2. The second-order valence-corrected chi connectivity index (χ2v) is 5.16. The molecule has 0 spiro atoms. The van der Waals surface area contributed by atoms with E-state index in [1.165, 1.54) is 0 Å². The second-order valence-electron chi connectivity index (χ2n) is 3.62. The summed E-state index contributed by atoms with van der Waals surface area (Å²) in [6.45, 7) is -0.889. The number of alkyl halides is 2. The highest BCUT2D eigenvalue weighted by molar-refractivity contribution is 7.86. The molecule has 0 aromatic rings. The van der Waals surface area contributed by atoms with E-state index in [-0.39, 0.29) is 12.7 Å². The first-order chi connectivity index (χ1) is 7.33. The van der Waals surface area contributed by atoms with Crippen molar-refractivity contribution in [1.29, 1.82) is 0 Å². The van der Waals surface area contributed by atoms with Crippen molar-refractivity contribution in [2.75, 3.05) is 19.8 Å². The quantitative estimate of drug-likeness (QED) is 0.748. The monoisotopic (exact) mass is 260 g/mol. The summed E-state index contributed by atoms with van der Waals surface area (Å²) in [5, 5.41) is -4.26. The Labute approximate surface area is 92.5 Å². The Kier molecular flexibility index (Phi) is 4.60. The van der Waals surface area contributed by atoms with Crippen LogP contribution >= 0.6 is 0 Å². The molecule has 0 bridgehead atoms.